The molecule has 0 spiro atoms. The number of sulfonamides is 1. The van der Waals surface area contributed by atoms with E-state index in [9.17, 15) is 21.6 Å². The van der Waals surface area contributed by atoms with Gasteiger partial charge in [0.2, 0.25) is 10.0 Å². The van der Waals surface area contributed by atoms with Crippen molar-refractivity contribution in [3.8, 4) is 0 Å². The maximum absolute atomic E-state index is 12.3. The van der Waals surface area contributed by atoms with Gasteiger partial charge >= 0.3 is 6.18 Å². The summed E-state index contributed by atoms with van der Waals surface area (Å²) in [5.41, 5.74) is 0. The summed E-state index contributed by atoms with van der Waals surface area (Å²) in [4.78, 5) is 0. The summed E-state index contributed by atoms with van der Waals surface area (Å²) in [7, 11) is -3.89. The summed E-state index contributed by atoms with van der Waals surface area (Å²) in [6, 6.07) is -0.607. The summed E-state index contributed by atoms with van der Waals surface area (Å²) in [5, 5.41) is 0. The Morgan fingerprint density at radius 2 is 1.69 bits per heavy atom. The number of rotatable bonds is 6. The fourth-order valence-electron chi connectivity index (χ4n) is 1.39. The van der Waals surface area contributed by atoms with Gasteiger partial charge in [-0.15, -0.1) is 0 Å². The first-order valence-electron chi connectivity index (χ1n) is 4.80. The first-order valence-corrected chi connectivity index (χ1v) is 7.53. The molecule has 0 saturated carbocycles. The number of nitrogens with zero attached hydrogens (tertiary/aromatic N) is 1. The molecule has 0 aliphatic carbocycles. The van der Waals surface area contributed by atoms with Gasteiger partial charge < -0.3 is 0 Å². The zero-order chi connectivity index (χ0) is 13.0. The third kappa shape index (κ3) is 5.01. The van der Waals surface area contributed by atoms with Crippen molar-refractivity contribution in [2.45, 2.75) is 38.9 Å². The largest absolute Gasteiger partial charge is 0.402 e. The van der Waals surface area contributed by atoms with Gasteiger partial charge in [0.05, 0.1) is 0 Å². The molecule has 0 N–H and O–H groups in total. The van der Waals surface area contributed by atoms with Crippen LogP contribution < -0.4 is 0 Å². The van der Waals surface area contributed by atoms with E-state index in [4.69, 9.17) is 0 Å². The average molecular weight is 326 g/mol. The highest BCUT2D eigenvalue weighted by Crippen LogP contribution is 2.23. The van der Waals surface area contributed by atoms with Gasteiger partial charge in [-0.25, -0.2) is 8.42 Å². The van der Waals surface area contributed by atoms with Crippen molar-refractivity contribution in [3.63, 3.8) is 0 Å². The molecule has 0 aromatic carbocycles. The number of hydrogen-bond donors (Lipinski definition) is 0. The van der Waals surface area contributed by atoms with E-state index in [0.717, 1.165) is 0 Å². The minimum absolute atomic E-state index is 0.360. The van der Waals surface area contributed by atoms with E-state index in [1.54, 1.807) is 13.8 Å². The molecule has 98 valence electrons. The van der Waals surface area contributed by atoms with Crippen molar-refractivity contribution < 1.29 is 21.6 Å². The quantitative estimate of drug-likeness (QED) is 0.704. The van der Waals surface area contributed by atoms with Crippen LogP contribution in [0, 0.1) is 0 Å². The van der Waals surface area contributed by atoms with Gasteiger partial charge in [0.25, 0.3) is 0 Å². The number of halogens is 4. The van der Waals surface area contributed by atoms with Crippen LogP contribution in [-0.4, -0.2) is 36.1 Å². The zero-order valence-electron chi connectivity index (χ0n) is 9.09. The molecule has 0 bridgehead atoms. The van der Waals surface area contributed by atoms with Gasteiger partial charge in [0, 0.05) is 6.04 Å². The van der Waals surface area contributed by atoms with Gasteiger partial charge in [-0.2, -0.15) is 17.5 Å². The lowest BCUT2D eigenvalue weighted by Gasteiger charge is -2.29. The Bertz CT molecular complexity index is 301. The van der Waals surface area contributed by atoms with Crippen LogP contribution in [0.3, 0.4) is 0 Å². The van der Waals surface area contributed by atoms with Gasteiger partial charge in [0.1, 0.15) is 11.2 Å². The summed E-state index contributed by atoms with van der Waals surface area (Å²) >= 11 is 2.71. The van der Waals surface area contributed by atoms with Gasteiger partial charge in [-0.3, -0.25) is 0 Å². The molecule has 0 aromatic heterocycles. The van der Waals surface area contributed by atoms with Crippen LogP contribution in [0.25, 0.3) is 0 Å². The zero-order valence-corrected chi connectivity index (χ0v) is 11.5. The van der Waals surface area contributed by atoms with E-state index in [1.807, 2.05) is 0 Å². The Labute approximate surface area is 102 Å². The van der Waals surface area contributed by atoms with Crippen LogP contribution in [0.15, 0.2) is 0 Å². The van der Waals surface area contributed by atoms with Crippen molar-refractivity contribution in [1.29, 1.82) is 0 Å². The highest BCUT2D eigenvalue weighted by Gasteiger charge is 2.38. The van der Waals surface area contributed by atoms with E-state index in [-0.39, 0.29) is 0 Å². The molecule has 0 fully saturated rings. The monoisotopic (exact) mass is 325 g/mol. The molecule has 0 saturated heterocycles. The Morgan fingerprint density at radius 1 is 1.25 bits per heavy atom. The fraction of sp³-hybridized carbons (Fsp3) is 1.00. The summed E-state index contributed by atoms with van der Waals surface area (Å²) in [6.45, 7) is 1.91. The molecule has 0 aliphatic heterocycles. The highest BCUT2D eigenvalue weighted by molar-refractivity contribution is 9.10. The number of alkyl halides is 4. The van der Waals surface area contributed by atoms with Gasteiger partial charge in [-0.05, 0) is 12.8 Å². The maximum Gasteiger partial charge on any atom is 0.402 e. The van der Waals surface area contributed by atoms with E-state index in [1.165, 1.54) is 0 Å². The normalized spacial score (nSPS) is 13.8. The summed E-state index contributed by atoms with van der Waals surface area (Å²) < 4.78 is 59.9. The van der Waals surface area contributed by atoms with Crippen molar-refractivity contribution in [2.24, 2.45) is 0 Å². The van der Waals surface area contributed by atoms with Gasteiger partial charge in [0.15, 0.2) is 0 Å². The molecule has 0 heterocycles. The molecular weight excluding hydrogens is 311 g/mol. The van der Waals surface area contributed by atoms with Crippen molar-refractivity contribution in [2.75, 3.05) is 11.2 Å². The second-order valence-electron chi connectivity index (χ2n) is 3.35. The van der Waals surface area contributed by atoms with E-state index >= 15 is 0 Å². The predicted molar refractivity (Wildman–Crippen MR) is 59.8 cm³/mol. The third-order valence-electron chi connectivity index (χ3n) is 2.18. The summed E-state index contributed by atoms with van der Waals surface area (Å²) in [5.74, 6) is 0. The molecule has 0 unspecified atom stereocenters. The molecular formula is C8H15BrF3NO2S. The molecule has 0 radical (unpaired) electrons. The first kappa shape index (κ1) is 16.2. The minimum atomic E-state index is -4.52. The topological polar surface area (TPSA) is 37.4 Å². The van der Waals surface area contributed by atoms with Crippen molar-refractivity contribution >= 4 is 26.0 Å². The summed E-state index contributed by atoms with van der Waals surface area (Å²) in [6.07, 6.45) is -3.80. The second kappa shape index (κ2) is 6.20. The van der Waals surface area contributed by atoms with Crippen molar-refractivity contribution in [1.82, 2.24) is 4.31 Å². The molecule has 3 nitrogen and oxygen atoms in total. The SMILES string of the molecule is CCC(CC)N(CC(F)(F)F)S(=O)(=O)CBr. The van der Waals surface area contributed by atoms with E-state index in [2.05, 4.69) is 15.9 Å². The van der Waals surface area contributed by atoms with E-state index in [0.29, 0.717) is 17.1 Å². The maximum atomic E-state index is 12.3. The average Bonchev–Trinajstić information content (AvgIpc) is 2.16. The third-order valence-corrected chi connectivity index (χ3v) is 5.33. The lowest BCUT2D eigenvalue weighted by molar-refractivity contribution is -0.139. The van der Waals surface area contributed by atoms with E-state index < -0.39 is 33.4 Å². The van der Waals surface area contributed by atoms with Crippen LogP contribution in [0.5, 0.6) is 0 Å². The fourth-order valence-corrected chi connectivity index (χ4v) is 3.40. The highest BCUT2D eigenvalue weighted by atomic mass is 79.9. The smallest absolute Gasteiger partial charge is 0.211 e. The second-order valence-corrected chi connectivity index (χ2v) is 6.58. The van der Waals surface area contributed by atoms with Crippen LogP contribution in [0.1, 0.15) is 26.7 Å². The Hall–Kier alpha value is 0.180. The predicted octanol–water partition coefficient (Wildman–Crippen LogP) is 2.72. The number of hydrogen-bond acceptors (Lipinski definition) is 2. The van der Waals surface area contributed by atoms with Gasteiger partial charge in [-0.1, -0.05) is 29.8 Å². The van der Waals surface area contributed by atoms with Crippen LogP contribution >= 0.6 is 15.9 Å². The molecule has 0 rings (SSSR count). The van der Waals surface area contributed by atoms with Crippen molar-refractivity contribution in [3.05, 3.63) is 0 Å². The first-order chi connectivity index (χ1) is 7.18. The molecule has 0 aliphatic rings. The molecule has 0 atom stereocenters. The molecule has 0 aromatic rings. The van der Waals surface area contributed by atoms with Crippen LogP contribution in [0.2, 0.25) is 0 Å². The standard InChI is InChI=1S/C8H15BrF3NO2S/c1-3-7(4-2)13(5-8(10,11)12)16(14,15)6-9/h7H,3-6H2,1-2H3. The Morgan fingerprint density at radius 3 is 1.94 bits per heavy atom. The molecule has 0 amide bonds. The van der Waals surface area contributed by atoms with Crippen LogP contribution in [0.4, 0.5) is 13.2 Å². The molecule has 8 heteroatoms. The lowest BCUT2D eigenvalue weighted by Crippen LogP contribution is -2.45. The lowest BCUT2D eigenvalue weighted by atomic mass is 10.2. The molecule has 16 heavy (non-hydrogen) atoms. The van der Waals surface area contributed by atoms with Crippen LogP contribution in [-0.2, 0) is 10.0 Å². The Kier molecular flexibility index (Phi) is 6.27. The minimum Gasteiger partial charge on any atom is -0.211 e. The Balaban J connectivity index is 5.06.